The van der Waals surface area contributed by atoms with Crippen molar-refractivity contribution in [3.63, 3.8) is 0 Å². The molecule has 140 valence electrons. The van der Waals surface area contributed by atoms with Gasteiger partial charge in [-0.3, -0.25) is 0 Å². The van der Waals surface area contributed by atoms with Gasteiger partial charge in [0.15, 0.2) is 0 Å². The van der Waals surface area contributed by atoms with Crippen LogP contribution in [0.25, 0.3) is 0 Å². The molecule has 0 unspecified atom stereocenters. The van der Waals surface area contributed by atoms with Crippen LogP contribution in [0.1, 0.15) is 19.7 Å². The fraction of sp³-hybridized carbons (Fsp3) is 0.667. The van der Waals surface area contributed by atoms with Gasteiger partial charge in [-0.2, -0.15) is 0 Å². The van der Waals surface area contributed by atoms with E-state index in [0.29, 0.717) is 39.6 Å². The molecule has 0 aliphatic rings. The molecule has 2 aromatic heterocycles. The van der Waals surface area contributed by atoms with Crippen molar-refractivity contribution >= 4 is 0 Å². The highest BCUT2D eigenvalue weighted by atomic mass is 16.5. The molecule has 7 nitrogen and oxygen atoms in total. The number of hydrogen-bond donors (Lipinski definition) is 0. The molecule has 2 rings (SSSR count). The van der Waals surface area contributed by atoms with Crippen LogP contribution in [0.15, 0.2) is 31.1 Å². The summed E-state index contributed by atoms with van der Waals surface area (Å²) in [6, 6.07) is 0. The minimum Gasteiger partial charge on any atom is -0.379 e. The zero-order chi connectivity index (χ0) is 17.7. The third-order valence-electron chi connectivity index (χ3n) is 3.96. The molecule has 0 saturated heterocycles. The van der Waals surface area contributed by atoms with Gasteiger partial charge in [0.05, 0.1) is 46.2 Å². The number of ether oxygens (including phenoxy) is 3. The molecule has 0 aliphatic heterocycles. The first-order chi connectivity index (χ1) is 12.3. The van der Waals surface area contributed by atoms with Crippen molar-refractivity contribution in [2.45, 2.75) is 39.9 Å². The Labute approximate surface area is 150 Å². The van der Waals surface area contributed by atoms with Gasteiger partial charge in [-0.1, -0.05) is 0 Å². The maximum atomic E-state index is 5.58. The first-order valence-electron chi connectivity index (χ1n) is 9.11. The van der Waals surface area contributed by atoms with Crippen LogP contribution in [-0.2, 0) is 40.3 Å². The third kappa shape index (κ3) is 7.37. The molecule has 0 aromatic carbocycles. The zero-order valence-corrected chi connectivity index (χ0v) is 15.5. The summed E-state index contributed by atoms with van der Waals surface area (Å²) < 4.78 is 23.1. The third-order valence-corrected chi connectivity index (χ3v) is 3.96. The molecule has 0 radical (unpaired) electrons. The Balaban J connectivity index is 1.37. The second-order valence-electron chi connectivity index (χ2n) is 5.70. The molecule has 0 spiro atoms. The van der Waals surface area contributed by atoms with E-state index in [-0.39, 0.29) is 0 Å². The predicted molar refractivity (Wildman–Crippen MR) is 94.4 cm³/mol. The summed E-state index contributed by atoms with van der Waals surface area (Å²) in [5, 5.41) is 0. The normalized spacial score (nSPS) is 11.3. The van der Waals surface area contributed by atoms with Crippen molar-refractivity contribution in [2.75, 3.05) is 39.6 Å². The minimum absolute atomic E-state index is 0.597. The van der Waals surface area contributed by atoms with Crippen LogP contribution in [0.2, 0.25) is 0 Å². The largest absolute Gasteiger partial charge is 0.379 e. The molecule has 7 heteroatoms. The van der Waals surface area contributed by atoms with E-state index in [9.17, 15) is 0 Å². The fourth-order valence-electron chi connectivity index (χ4n) is 2.49. The molecule has 0 fully saturated rings. The summed E-state index contributed by atoms with van der Waals surface area (Å²) in [5.74, 6) is 1.07. The van der Waals surface area contributed by atoms with Crippen LogP contribution < -0.4 is 4.57 Å². The summed E-state index contributed by atoms with van der Waals surface area (Å²) in [4.78, 5) is 4.32. The van der Waals surface area contributed by atoms with Gasteiger partial charge in [-0.05, 0) is 13.8 Å². The van der Waals surface area contributed by atoms with Crippen molar-refractivity contribution in [3.05, 3.63) is 36.9 Å². The van der Waals surface area contributed by atoms with Gasteiger partial charge in [0.1, 0.15) is 24.8 Å². The standard InChI is InChI=1S/C18H31N4O3/c1-3-20-8-9-21(17-20)10-12-24-14-16-25-15-13-23-11-5-18-19-6-7-22(18)4-2/h6-9,17H,3-5,10-16H2,1-2H3/q+1. The van der Waals surface area contributed by atoms with Gasteiger partial charge in [0.2, 0.25) is 6.33 Å². The van der Waals surface area contributed by atoms with E-state index in [0.717, 1.165) is 31.9 Å². The number of imidazole rings is 2. The molecular formula is C18H31N4O3+. The fourth-order valence-corrected chi connectivity index (χ4v) is 2.49. The summed E-state index contributed by atoms with van der Waals surface area (Å²) in [7, 11) is 0. The van der Waals surface area contributed by atoms with Crippen LogP contribution in [0, 0.1) is 0 Å². The number of rotatable bonds is 14. The van der Waals surface area contributed by atoms with Gasteiger partial charge in [-0.15, -0.1) is 0 Å². The second kappa shape index (κ2) is 11.8. The molecular weight excluding hydrogens is 320 g/mol. The maximum absolute atomic E-state index is 5.58. The van der Waals surface area contributed by atoms with E-state index in [1.54, 1.807) is 0 Å². The van der Waals surface area contributed by atoms with Crippen LogP contribution in [0.3, 0.4) is 0 Å². The van der Waals surface area contributed by atoms with Gasteiger partial charge in [0, 0.05) is 25.4 Å². The number of aryl methyl sites for hydroxylation is 2. The van der Waals surface area contributed by atoms with Crippen LogP contribution >= 0.6 is 0 Å². The van der Waals surface area contributed by atoms with E-state index in [2.05, 4.69) is 51.3 Å². The first kappa shape index (κ1) is 19.6. The Morgan fingerprint density at radius 1 is 0.920 bits per heavy atom. The number of hydrogen-bond acceptors (Lipinski definition) is 4. The molecule has 0 amide bonds. The molecule has 0 aliphatic carbocycles. The number of nitrogens with zero attached hydrogens (tertiary/aromatic N) is 4. The Kier molecular flexibility index (Phi) is 9.25. The summed E-state index contributed by atoms with van der Waals surface area (Å²) in [6.45, 7) is 10.8. The lowest BCUT2D eigenvalue weighted by Crippen LogP contribution is -2.33. The molecule has 2 aromatic rings. The van der Waals surface area contributed by atoms with Crippen molar-refractivity contribution in [2.24, 2.45) is 0 Å². The van der Waals surface area contributed by atoms with E-state index in [4.69, 9.17) is 14.2 Å². The van der Waals surface area contributed by atoms with Crippen molar-refractivity contribution < 1.29 is 18.8 Å². The van der Waals surface area contributed by atoms with Crippen LogP contribution in [-0.4, -0.2) is 53.8 Å². The van der Waals surface area contributed by atoms with Gasteiger partial charge in [-0.25, -0.2) is 14.1 Å². The van der Waals surface area contributed by atoms with E-state index >= 15 is 0 Å². The summed E-state index contributed by atoms with van der Waals surface area (Å²) in [6.07, 6.45) is 10.9. The Bertz CT molecular complexity index is 582. The lowest BCUT2D eigenvalue weighted by molar-refractivity contribution is -0.698. The molecule has 0 bridgehead atoms. The highest BCUT2D eigenvalue weighted by Crippen LogP contribution is 1.98. The SMILES string of the molecule is CCn1cc[n+](CCOCCOCCOCCc2nccn2CC)c1. The lowest BCUT2D eigenvalue weighted by atomic mass is 10.4. The van der Waals surface area contributed by atoms with E-state index in [1.807, 2.05) is 12.4 Å². The lowest BCUT2D eigenvalue weighted by Gasteiger charge is -2.07. The quantitative estimate of drug-likeness (QED) is 0.380. The first-order valence-corrected chi connectivity index (χ1v) is 9.11. The van der Waals surface area contributed by atoms with E-state index in [1.165, 1.54) is 0 Å². The summed E-state index contributed by atoms with van der Waals surface area (Å²) >= 11 is 0. The molecule has 25 heavy (non-hydrogen) atoms. The maximum Gasteiger partial charge on any atom is 0.243 e. The topological polar surface area (TPSA) is 54.3 Å². The van der Waals surface area contributed by atoms with Crippen molar-refractivity contribution in [1.82, 2.24) is 14.1 Å². The molecule has 0 saturated carbocycles. The Morgan fingerprint density at radius 3 is 2.32 bits per heavy atom. The minimum atomic E-state index is 0.597. The second-order valence-corrected chi connectivity index (χ2v) is 5.70. The number of aromatic nitrogens is 4. The van der Waals surface area contributed by atoms with E-state index < -0.39 is 0 Å². The predicted octanol–water partition coefficient (Wildman–Crippen LogP) is 1.30. The van der Waals surface area contributed by atoms with Crippen LogP contribution in [0.5, 0.6) is 0 Å². The average molecular weight is 351 g/mol. The van der Waals surface area contributed by atoms with Crippen LogP contribution in [0.4, 0.5) is 0 Å². The summed E-state index contributed by atoms with van der Waals surface area (Å²) in [5.41, 5.74) is 0. The Morgan fingerprint density at radius 2 is 1.64 bits per heavy atom. The Hall–Kier alpha value is -1.70. The highest BCUT2D eigenvalue weighted by molar-refractivity contribution is 4.92. The van der Waals surface area contributed by atoms with Gasteiger partial charge < -0.3 is 18.8 Å². The zero-order valence-electron chi connectivity index (χ0n) is 15.5. The average Bonchev–Trinajstić information content (AvgIpc) is 3.28. The molecule has 2 heterocycles. The van der Waals surface area contributed by atoms with Gasteiger partial charge in [0.25, 0.3) is 0 Å². The van der Waals surface area contributed by atoms with Crippen molar-refractivity contribution in [3.8, 4) is 0 Å². The molecule has 0 atom stereocenters. The molecule has 0 N–H and O–H groups in total. The highest BCUT2D eigenvalue weighted by Gasteiger charge is 2.02. The van der Waals surface area contributed by atoms with Crippen molar-refractivity contribution in [1.29, 1.82) is 0 Å². The van der Waals surface area contributed by atoms with Gasteiger partial charge >= 0.3 is 0 Å². The monoisotopic (exact) mass is 351 g/mol. The smallest absolute Gasteiger partial charge is 0.243 e.